The zero-order valence-corrected chi connectivity index (χ0v) is 15.1. The van der Waals surface area contributed by atoms with Gasteiger partial charge in [-0.2, -0.15) is 0 Å². The molecular weight excluding hydrogens is 382 g/mol. The van der Waals surface area contributed by atoms with Crippen LogP contribution in [0.4, 0.5) is 0 Å². The Hall–Kier alpha value is -2.27. The zero-order valence-electron chi connectivity index (χ0n) is 13.5. The molecule has 2 aliphatic rings. The van der Waals surface area contributed by atoms with Gasteiger partial charge in [-0.3, -0.25) is 4.79 Å². The summed E-state index contributed by atoms with van der Waals surface area (Å²) in [7, 11) is 0. The number of carbonyl (C=O) groups is 1. The van der Waals surface area contributed by atoms with Gasteiger partial charge >= 0.3 is 0 Å². The fourth-order valence-electron chi connectivity index (χ4n) is 3.65. The highest BCUT2D eigenvalue weighted by Gasteiger charge is 2.50. The Labute approximate surface area is 153 Å². The molecule has 3 aromatic rings. The number of ketones is 1. The van der Waals surface area contributed by atoms with Gasteiger partial charge < -0.3 is 14.5 Å². The maximum absolute atomic E-state index is 13.1. The number of nitrogens with one attached hydrogen (secondary N) is 1. The molecular formula is C20H16BrNO3. The maximum Gasteiger partial charge on any atom is 0.231 e. The van der Waals surface area contributed by atoms with E-state index < -0.39 is 0 Å². The Morgan fingerprint density at radius 2 is 1.96 bits per heavy atom. The first-order valence-electron chi connectivity index (χ1n) is 8.35. The quantitative estimate of drug-likeness (QED) is 0.704. The lowest BCUT2D eigenvalue weighted by atomic mass is 9.87. The number of fused-ring (bicyclic) bond motifs is 2. The molecule has 126 valence electrons. The normalized spacial score (nSPS) is 17.0. The number of ether oxygens (including phenoxy) is 2. The van der Waals surface area contributed by atoms with Crippen LogP contribution in [0, 0.1) is 0 Å². The van der Waals surface area contributed by atoms with Crippen LogP contribution in [-0.4, -0.2) is 17.6 Å². The Morgan fingerprint density at radius 1 is 1.12 bits per heavy atom. The highest BCUT2D eigenvalue weighted by molar-refractivity contribution is 9.10. The van der Waals surface area contributed by atoms with Gasteiger partial charge in [0.05, 0.1) is 5.41 Å². The summed E-state index contributed by atoms with van der Waals surface area (Å²) in [6.07, 6.45) is 4.18. The van der Waals surface area contributed by atoms with E-state index in [1.807, 2.05) is 36.5 Å². The molecule has 1 aromatic heterocycles. The van der Waals surface area contributed by atoms with E-state index in [4.69, 9.17) is 9.47 Å². The first kappa shape index (κ1) is 15.0. The molecule has 0 saturated heterocycles. The fraction of sp³-hybridized carbons (Fsp3) is 0.250. The van der Waals surface area contributed by atoms with E-state index in [9.17, 15) is 4.79 Å². The van der Waals surface area contributed by atoms with Gasteiger partial charge in [0.1, 0.15) is 5.78 Å². The number of carbonyl (C=O) groups excluding carboxylic acids is 1. The second-order valence-corrected chi connectivity index (χ2v) is 7.62. The van der Waals surface area contributed by atoms with Crippen molar-refractivity contribution in [2.75, 3.05) is 6.79 Å². The molecule has 1 fully saturated rings. The van der Waals surface area contributed by atoms with Gasteiger partial charge in [-0.1, -0.05) is 12.1 Å². The van der Waals surface area contributed by atoms with E-state index in [0.29, 0.717) is 6.42 Å². The predicted octanol–water partition coefficient (Wildman–Crippen LogP) is 4.50. The molecule has 1 aliphatic carbocycles. The molecule has 0 unspecified atom stereocenters. The SMILES string of the molecule is O=C(Cc1ccc2[nH]cc(Br)c2c1)C1(c2ccc3c(c2)OCO3)CC1. The average molecular weight is 398 g/mol. The van der Waals surface area contributed by atoms with E-state index in [1.54, 1.807) is 0 Å². The van der Waals surface area contributed by atoms with Crippen LogP contribution in [0.5, 0.6) is 11.5 Å². The molecule has 1 saturated carbocycles. The fourth-order valence-corrected chi connectivity index (χ4v) is 4.09. The van der Waals surface area contributed by atoms with Crippen molar-refractivity contribution in [1.29, 1.82) is 0 Å². The lowest BCUT2D eigenvalue weighted by molar-refractivity contribution is -0.120. The third-order valence-corrected chi connectivity index (χ3v) is 5.93. The van der Waals surface area contributed by atoms with Crippen LogP contribution in [0.25, 0.3) is 10.9 Å². The minimum atomic E-state index is -0.356. The van der Waals surface area contributed by atoms with Crippen molar-refractivity contribution < 1.29 is 14.3 Å². The molecule has 2 aromatic carbocycles. The van der Waals surface area contributed by atoms with Gasteiger partial charge in [0.25, 0.3) is 0 Å². The number of rotatable bonds is 4. The third kappa shape index (κ3) is 2.37. The van der Waals surface area contributed by atoms with Crippen molar-refractivity contribution >= 4 is 32.6 Å². The van der Waals surface area contributed by atoms with Gasteiger partial charge in [-0.15, -0.1) is 0 Å². The predicted molar refractivity (Wildman–Crippen MR) is 98.2 cm³/mol. The Balaban J connectivity index is 1.44. The molecule has 0 radical (unpaired) electrons. The number of hydrogen-bond donors (Lipinski definition) is 1. The maximum atomic E-state index is 13.1. The monoisotopic (exact) mass is 397 g/mol. The molecule has 1 aliphatic heterocycles. The second kappa shape index (κ2) is 5.36. The molecule has 0 spiro atoms. The molecule has 1 N–H and O–H groups in total. The zero-order chi connectivity index (χ0) is 17.0. The number of Topliss-reactive ketones (excluding diaryl/α,β-unsaturated/α-hetero) is 1. The molecule has 0 bridgehead atoms. The van der Waals surface area contributed by atoms with Crippen molar-refractivity contribution in [1.82, 2.24) is 4.98 Å². The third-order valence-electron chi connectivity index (χ3n) is 5.27. The van der Waals surface area contributed by atoms with Crippen molar-refractivity contribution in [2.24, 2.45) is 0 Å². The van der Waals surface area contributed by atoms with Crippen LogP contribution in [0.2, 0.25) is 0 Å². The van der Waals surface area contributed by atoms with Crippen molar-refractivity contribution in [3.05, 3.63) is 58.2 Å². The molecule has 2 heterocycles. The van der Waals surface area contributed by atoms with E-state index in [0.717, 1.165) is 50.8 Å². The molecule has 5 heteroatoms. The van der Waals surface area contributed by atoms with E-state index in [-0.39, 0.29) is 18.0 Å². The first-order chi connectivity index (χ1) is 12.2. The van der Waals surface area contributed by atoms with E-state index in [1.165, 1.54) is 0 Å². The van der Waals surface area contributed by atoms with Gasteiger partial charge in [-0.25, -0.2) is 0 Å². The summed E-state index contributed by atoms with van der Waals surface area (Å²) >= 11 is 3.54. The number of benzene rings is 2. The summed E-state index contributed by atoms with van der Waals surface area (Å²) in [5.41, 5.74) is 2.81. The van der Waals surface area contributed by atoms with Gasteiger partial charge in [0.15, 0.2) is 11.5 Å². The van der Waals surface area contributed by atoms with Crippen molar-refractivity contribution in [2.45, 2.75) is 24.7 Å². The largest absolute Gasteiger partial charge is 0.454 e. The van der Waals surface area contributed by atoms with Crippen LogP contribution >= 0.6 is 15.9 Å². The number of halogens is 1. The molecule has 0 atom stereocenters. The lowest BCUT2D eigenvalue weighted by Gasteiger charge is -2.15. The lowest BCUT2D eigenvalue weighted by Crippen LogP contribution is -2.22. The van der Waals surface area contributed by atoms with Gasteiger partial charge in [-0.05, 0) is 64.2 Å². The Bertz CT molecular complexity index is 1000. The van der Waals surface area contributed by atoms with Crippen LogP contribution in [0.3, 0.4) is 0 Å². The highest BCUT2D eigenvalue weighted by Crippen LogP contribution is 2.51. The topological polar surface area (TPSA) is 51.3 Å². The van der Waals surface area contributed by atoms with E-state index in [2.05, 4.69) is 27.0 Å². The standard InChI is InChI=1S/C20H16BrNO3/c21-15-10-22-16-3-1-12(7-14(15)16)8-19(23)20(5-6-20)13-2-4-17-18(9-13)25-11-24-17/h1-4,7,9-10,22H,5-6,8,11H2. The van der Waals surface area contributed by atoms with Crippen molar-refractivity contribution in [3.63, 3.8) is 0 Å². The summed E-state index contributed by atoms with van der Waals surface area (Å²) in [4.78, 5) is 16.3. The van der Waals surface area contributed by atoms with E-state index >= 15 is 0 Å². The second-order valence-electron chi connectivity index (χ2n) is 6.77. The molecule has 0 amide bonds. The summed E-state index contributed by atoms with van der Waals surface area (Å²) in [6, 6.07) is 12.0. The summed E-state index contributed by atoms with van der Waals surface area (Å²) < 4.78 is 11.9. The van der Waals surface area contributed by atoms with Crippen LogP contribution in [0.1, 0.15) is 24.0 Å². The van der Waals surface area contributed by atoms with Crippen LogP contribution in [0.15, 0.2) is 47.1 Å². The highest BCUT2D eigenvalue weighted by atomic mass is 79.9. The van der Waals surface area contributed by atoms with Gasteiger partial charge in [0, 0.05) is 28.0 Å². The average Bonchev–Trinajstić information content (AvgIpc) is 3.17. The smallest absolute Gasteiger partial charge is 0.231 e. The summed E-state index contributed by atoms with van der Waals surface area (Å²) in [5, 5.41) is 1.11. The summed E-state index contributed by atoms with van der Waals surface area (Å²) in [6.45, 7) is 0.255. The number of H-pyrrole nitrogens is 1. The van der Waals surface area contributed by atoms with Gasteiger partial charge in [0.2, 0.25) is 6.79 Å². The number of aromatic amines is 1. The number of aromatic nitrogens is 1. The number of hydrogen-bond acceptors (Lipinski definition) is 3. The van der Waals surface area contributed by atoms with Crippen molar-refractivity contribution in [3.8, 4) is 11.5 Å². The summed E-state index contributed by atoms with van der Waals surface area (Å²) in [5.74, 6) is 1.78. The molecule has 4 nitrogen and oxygen atoms in total. The Morgan fingerprint density at radius 3 is 2.80 bits per heavy atom. The molecule has 25 heavy (non-hydrogen) atoms. The van der Waals surface area contributed by atoms with Crippen LogP contribution in [-0.2, 0) is 16.6 Å². The first-order valence-corrected chi connectivity index (χ1v) is 9.14. The molecule has 5 rings (SSSR count). The Kier molecular flexibility index (Phi) is 3.22. The van der Waals surface area contributed by atoms with Crippen LogP contribution < -0.4 is 9.47 Å². The minimum absolute atomic E-state index is 0.255. The minimum Gasteiger partial charge on any atom is -0.454 e.